The molecular formula is C37H68O5. The first-order valence-electron chi connectivity index (χ1n) is 17.9. The summed E-state index contributed by atoms with van der Waals surface area (Å²) in [5, 5.41) is 0. The van der Waals surface area contributed by atoms with Gasteiger partial charge in [-0.25, -0.2) is 0 Å². The highest BCUT2D eigenvalue weighted by molar-refractivity contribution is 5.27. The molecule has 5 nitrogen and oxygen atoms in total. The van der Waals surface area contributed by atoms with Crippen molar-refractivity contribution in [2.45, 2.75) is 142 Å². The lowest BCUT2D eigenvalue weighted by molar-refractivity contribution is -0.00487. The van der Waals surface area contributed by atoms with E-state index in [0.29, 0.717) is 52.9 Å². The van der Waals surface area contributed by atoms with Crippen LogP contribution in [0.1, 0.15) is 141 Å². The largest absolute Gasteiger partial charge is 0.491 e. The Hall–Kier alpha value is -1.14. The molecule has 0 radical (unpaired) electrons. The van der Waals surface area contributed by atoms with Crippen molar-refractivity contribution in [3.63, 3.8) is 0 Å². The molecule has 0 aliphatic carbocycles. The number of rotatable bonds is 34. The van der Waals surface area contributed by atoms with E-state index in [1.807, 2.05) is 0 Å². The summed E-state index contributed by atoms with van der Waals surface area (Å²) in [6.07, 6.45) is 27.1. The average molecular weight is 593 g/mol. The topological polar surface area (TPSA) is 46.2 Å². The summed E-state index contributed by atoms with van der Waals surface area (Å²) >= 11 is 0. The smallest absolute Gasteiger partial charge is 0.119 e. The van der Waals surface area contributed by atoms with Gasteiger partial charge in [-0.05, 0) is 37.0 Å². The van der Waals surface area contributed by atoms with Gasteiger partial charge in [0.25, 0.3) is 0 Å². The number of unbranched alkanes of at least 4 members (excludes halogenated alkanes) is 17. The quantitative estimate of drug-likeness (QED) is 0.0745. The maximum absolute atomic E-state index is 5.79. The molecule has 0 aliphatic rings. The molecule has 0 bridgehead atoms. The maximum Gasteiger partial charge on any atom is 0.119 e. The lowest BCUT2D eigenvalue weighted by atomic mass is 10.0. The number of hydrogen-bond donors (Lipinski definition) is 0. The highest BCUT2D eigenvalue weighted by Crippen LogP contribution is 2.15. The first-order chi connectivity index (χ1) is 20.9. The van der Waals surface area contributed by atoms with Crippen LogP contribution in [0.4, 0.5) is 0 Å². The van der Waals surface area contributed by atoms with Gasteiger partial charge in [0.05, 0.1) is 46.2 Å². The van der Waals surface area contributed by atoms with Crippen LogP contribution in [0.5, 0.6) is 5.75 Å². The Morgan fingerprint density at radius 1 is 0.357 bits per heavy atom. The molecule has 0 fully saturated rings. The van der Waals surface area contributed by atoms with Crippen LogP contribution in [0.2, 0.25) is 0 Å². The minimum atomic E-state index is 0.555. The van der Waals surface area contributed by atoms with Gasteiger partial charge in [0.1, 0.15) is 12.4 Å². The van der Waals surface area contributed by atoms with E-state index in [9.17, 15) is 0 Å². The van der Waals surface area contributed by atoms with Crippen LogP contribution in [-0.2, 0) is 25.4 Å². The Morgan fingerprint density at radius 3 is 1.17 bits per heavy atom. The molecule has 0 aliphatic heterocycles. The third-order valence-electron chi connectivity index (χ3n) is 7.75. The van der Waals surface area contributed by atoms with Crippen molar-refractivity contribution in [2.75, 3.05) is 59.5 Å². The molecule has 1 aromatic rings. The van der Waals surface area contributed by atoms with E-state index in [1.54, 1.807) is 0 Å². The zero-order valence-corrected chi connectivity index (χ0v) is 27.9. The predicted molar refractivity (Wildman–Crippen MR) is 178 cm³/mol. The normalized spacial score (nSPS) is 11.4. The van der Waals surface area contributed by atoms with Crippen molar-refractivity contribution in [1.29, 1.82) is 0 Å². The third kappa shape index (κ3) is 27.7. The van der Waals surface area contributed by atoms with Gasteiger partial charge in [0.2, 0.25) is 0 Å². The molecule has 0 saturated heterocycles. The van der Waals surface area contributed by atoms with Crippen LogP contribution in [0.3, 0.4) is 0 Å². The summed E-state index contributed by atoms with van der Waals surface area (Å²) in [7, 11) is 0. The van der Waals surface area contributed by atoms with Crippen molar-refractivity contribution in [2.24, 2.45) is 0 Å². The summed E-state index contributed by atoms with van der Waals surface area (Å²) < 4.78 is 28.2. The lowest BCUT2D eigenvalue weighted by Gasteiger charge is -2.09. The number of benzene rings is 1. The maximum atomic E-state index is 5.79. The van der Waals surface area contributed by atoms with Crippen LogP contribution in [0.15, 0.2) is 24.3 Å². The number of ether oxygens (including phenoxy) is 5. The first kappa shape index (κ1) is 38.9. The Balaban J connectivity index is 1.73. The molecule has 0 spiro atoms. The predicted octanol–water partition coefficient (Wildman–Crippen LogP) is 10.1. The molecule has 0 aromatic heterocycles. The summed E-state index contributed by atoms with van der Waals surface area (Å²) in [5.41, 5.74) is 1.40. The zero-order chi connectivity index (χ0) is 30.0. The van der Waals surface area contributed by atoms with E-state index >= 15 is 0 Å². The molecule has 0 N–H and O–H groups in total. The van der Waals surface area contributed by atoms with Gasteiger partial charge in [0, 0.05) is 6.61 Å². The minimum Gasteiger partial charge on any atom is -0.491 e. The Labute approximate surface area is 260 Å². The van der Waals surface area contributed by atoms with Gasteiger partial charge in [0.15, 0.2) is 0 Å². The van der Waals surface area contributed by atoms with E-state index in [-0.39, 0.29) is 0 Å². The zero-order valence-electron chi connectivity index (χ0n) is 27.9. The van der Waals surface area contributed by atoms with Crippen LogP contribution in [0, 0.1) is 0 Å². The standard InChI is InChI=1S/C37H68O5/c1-3-5-7-9-11-12-13-14-15-16-17-19-21-27-38-28-29-39-30-31-40-32-33-41-34-35-42-37-25-23-36(24-26-37)22-20-18-10-8-6-4-2/h23-26H,3-22,27-35H2,1-2H3. The Kier molecular flexibility index (Phi) is 30.3. The molecule has 0 atom stereocenters. The average Bonchev–Trinajstić information content (AvgIpc) is 3.01. The monoisotopic (exact) mass is 593 g/mol. The van der Waals surface area contributed by atoms with Gasteiger partial charge >= 0.3 is 0 Å². The molecular weight excluding hydrogens is 524 g/mol. The fourth-order valence-electron chi connectivity index (χ4n) is 5.06. The fraction of sp³-hybridized carbons (Fsp3) is 0.838. The second-order valence-electron chi connectivity index (χ2n) is 11.7. The SMILES string of the molecule is CCCCCCCCCCCCCCCOCCOCCOCCOCCOc1ccc(CCCCCCCC)cc1. The molecule has 1 aromatic carbocycles. The molecule has 42 heavy (non-hydrogen) atoms. The molecule has 0 heterocycles. The minimum absolute atomic E-state index is 0.555. The summed E-state index contributed by atoms with van der Waals surface area (Å²) in [5.74, 6) is 0.909. The lowest BCUT2D eigenvalue weighted by Crippen LogP contribution is -2.13. The van der Waals surface area contributed by atoms with Gasteiger partial charge < -0.3 is 23.7 Å². The third-order valence-corrected chi connectivity index (χ3v) is 7.75. The van der Waals surface area contributed by atoms with Crippen molar-refractivity contribution in [1.82, 2.24) is 0 Å². The van der Waals surface area contributed by atoms with Crippen molar-refractivity contribution < 1.29 is 23.7 Å². The van der Waals surface area contributed by atoms with Gasteiger partial charge in [-0.2, -0.15) is 0 Å². The second-order valence-corrected chi connectivity index (χ2v) is 11.7. The van der Waals surface area contributed by atoms with Crippen molar-refractivity contribution >= 4 is 0 Å². The molecule has 0 amide bonds. The van der Waals surface area contributed by atoms with Gasteiger partial charge in [-0.15, -0.1) is 0 Å². The van der Waals surface area contributed by atoms with Crippen LogP contribution in [-0.4, -0.2) is 59.5 Å². The fourth-order valence-corrected chi connectivity index (χ4v) is 5.06. The molecule has 246 valence electrons. The summed E-state index contributed by atoms with van der Waals surface area (Å²) in [6.45, 7) is 10.2. The molecule has 0 unspecified atom stereocenters. The summed E-state index contributed by atoms with van der Waals surface area (Å²) in [6, 6.07) is 8.51. The van der Waals surface area contributed by atoms with Crippen molar-refractivity contribution in [3.8, 4) is 5.75 Å². The van der Waals surface area contributed by atoms with Crippen LogP contribution in [0.25, 0.3) is 0 Å². The Bertz CT molecular complexity index is 636. The Morgan fingerprint density at radius 2 is 0.714 bits per heavy atom. The molecule has 5 heteroatoms. The van der Waals surface area contributed by atoms with Crippen LogP contribution >= 0.6 is 0 Å². The molecule has 1 rings (SSSR count). The van der Waals surface area contributed by atoms with Gasteiger partial charge in [-0.3, -0.25) is 0 Å². The van der Waals surface area contributed by atoms with E-state index in [0.717, 1.165) is 25.2 Å². The highest BCUT2D eigenvalue weighted by Gasteiger charge is 1.99. The highest BCUT2D eigenvalue weighted by atomic mass is 16.6. The molecule has 0 saturated carbocycles. The summed E-state index contributed by atoms with van der Waals surface area (Å²) in [4.78, 5) is 0. The van der Waals surface area contributed by atoms with E-state index in [4.69, 9.17) is 23.7 Å². The first-order valence-corrected chi connectivity index (χ1v) is 17.9. The van der Waals surface area contributed by atoms with Crippen molar-refractivity contribution in [3.05, 3.63) is 29.8 Å². The van der Waals surface area contributed by atoms with Gasteiger partial charge in [-0.1, -0.05) is 135 Å². The van der Waals surface area contributed by atoms with E-state index in [2.05, 4.69) is 38.1 Å². The number of hydrogen-bond acceptors (Lipinski definition) is 5. The van der Waals surface area contributed by atoms with E-state index < -0.39 is 0 Å². The van der Waals surface area contributed by atoms with Crippen LogP contribution < -0.4 is 4.74 Å². The van der Waals surface area contributed by atoms with E-state index in [1.165, 1.54) is 121 Å². The number of aryl methyl sites for hydroxylation is 1. The second kappa shape index (κ2) is 32.8.